The molecule has 0 aliphatic carbocycles. The van der Waals surface area contributed by atoms with Crippen molar-refractivity contribution < 1.29 is 15.0 Å². The lowest BCUT2D eigenvalue weighted by Gasteiger charge is -2.00. The van der Waals surface area contributed by atoms with Gasteiger partial charge in [0.25, 0.3) is 0 Å². The van der Waals surface area contributed by atoms with Crippen LogP contribution in [0.4, 0.5) is 0 Å². The van der Waals surface area contributed by atoms with Crippen molar-refractivity contribution in [1.29, 1.82) is 0 Å². The van der Waals surface area contributed by atoms with Crippen LogP contribution in [0, 0.1) is 0 Å². The van der Waals surface area contributed by atoms with Crippen LogP contribution >= 0.6 is 0 Å². The number of carboxylic acid groups (broad SMARTS) is 1. The molecule has 0 radical (unpaired) electrons. The van der Waals surface area contributed by atoms with Crippen molar-refractivity contribution in [2.45, 2.75) is 6.54 Å². The number of fused-ring (bicyclic) bond motifs is 1. The van der Waals surface area contributed by atoms with E-state index in [-0.39, 0.29) is 12.2 Å². The average molecular weight is 207 g/mol. The van der Waals surface area contributed by atoms with Crippen molar-refractivity contribution in [3.63, 3.8) is 0 Å². The number of nitrogens with zero attached hydrogens (tertiary/aromatic N) is 3. The fraction of sp³-hybridized carbons (Fsp3) is 0.222. The summed E-state index contributed by atoms with van der Waals surface area (Å²) in [5.41, 5.74) is 0.737. The van der Waals surface area contributed by atoms with Gasteiger partial charge in [-0.05, 0) is 0 Å². The molecule has 78 valence electrons. The Bertz CT molecular complexity index is 506. The number of pyridine rings is 1. The zero-order chi connectivity index (χ0) is 10.8. The molecule has 0 atom stereocenters. The molecule has 0 saturated carbocycles. The highest BCUT2D eigenvalue weighted by molar-refractivity contribution is 6.01. The number of rotatable bonds is 3. The van der Waals surface area contributed by atoms with Gasteiger partial charge in [0.2, 0.25) is 0 Å². The quantitative estimate of drug-likeness (QED) is 0.746. The lowest BCUT2D eigenvalue weighted by molar-refractivity contribution is 0.0698. The Hall–Kier alpha value is -1.95. The Morgan fingerprint density at radius 3 is 2.87 bits per heavy atom. The molecule has 0 aromatic carbocycles. The lowest BCUT2D eigenvalue weighted by atomic mass is 10.2. The maximum absolute atomic E-state index is 10.9. The monoisotopic (exact) mass is 207 g/mol. The molecular weight excluding hydrogens is 198 g/mol. The molecule has 0 fully saturated rings. The molecule has 2 aromatic rings. The van der Waals surface area contributed by atoms with E-state index in [0.717, 1.165) is 0 Å². The molecule has 0 spiro atoms. The van der Waals surface area contributed by atoms with Crippen LogP contribution in [0.5, 0.6) is 0 Å². The standard InChI is InChI=1S/C9H9N3O3/c13-2-1-12-8-5-10-3-7(9(14)15)6(8)4-11-12/h3-5,13H,1-2H2,(H,14,15). The van der Waals surface area contributed by atoms with Gasteiger partial charge in [0, 0.05) is 11.6 Å². The highest BCUT2D eigenvalue weighted by Crippen LogP contribution is 2.16. The van der Waals surface area contributed by atoms with Crippen LogP contribution in [0.25, 0.3) is 10.9 Å². The molecule has 0 aliphatic rings. The van der Waals surface area contributed by atoms with Crippen LogP contribution < -0.4 is 0 Å². The van der Waals surface area contributed by atoms with E-state index in [0.29, 0.717) is 17.4 Å². The molecule has 0 bridgehead atoms. The highest BCUT2D eigenvalue weighted by Gasteiger charge is 2.12. The predicted octanol–water partition coefficient (Wildman–Crippen LogP) is 0.122. The largest absolute Gasteiger partial charge is 0.478 e. The van der Waals surface area contributed by atoms with Crippen LogP contribution in [-0.4, -0.2) is 37.6 Å². The van der Waals surface area contributed by atoms with E-state index in [1.165, 1.54) is 23.3 Å². The third-order valence-corrected chi connectivity index (χ3v) is 2.11. The van der Waals surface area contributed by atoms with Crippen LogP contribution in [0.1, 0.15) is 10.4 Å². The summed E-state index contributed by atoms with van der Waals surface area (Å²) in [6.07, 6.45) is 4.29. The van der Waals surface area contributed by atoms with Gasteiger partial charge in [-0.25, -0.2) is 4.79 Å². The minimum Gasteiger partial charge on any atom is -0.478 e. The Labute approximate surface area is 84.8 Å². The molecule has 0 amide bonds. The first kappa shape index (κ1) is 9.60. The van der Waals surface area contributed by atoms with Crippen LogP contribution in [-0.2, 0) is 6.54 Å². The molecule has 0 saturated heterocycles. The van der Waals surface area contributed by atoms with Gasteiger partial charge < -0.3 is 10.2 Å². The van der Waals surface area contributed by atoms with Gasteiger partial charge in [-0.2, -0.15) is 5.10 Å². The number of hydrogen-bond acceptors (Lipinski definition) is 4. The molecule has 6 heteroatoms. The van der Waals surface area contributed by atoms with Gasteiger partial charge in [0.15, 0.2) is 0 Å². The van der Waals surface area contributed by atoms with Crippen LogP contribution in [0.15, 0.2) is 18.6 Å². The van der Waals surface area contributed by atoms with Gasteiger partial charge in [-0.1, -0.05) is 0 Å². The van der Waals surface area contributed by atoms with Crippen molar-refractivity contribution >= 4 is 16.9 Å². The van der Waals surface area contributed by atoms with Crippen molar-refractivity contribution in [3.05, 3.63) is 24.2 Å². The Kier molecular flexibility index (Phi) is 2.34. The van der Waals surface area contributed by atoms with Crippen molar-refractivity contribution in [2.24, 2.45) is 0 Å². The second-order valence-corrected chi connectivity index (χ2v) is 3.02. The van der Waals surface area contributed by atoms with Crippen LogP contribution in [0.3, 0.4) is 0 Å². The maximum Gasteiger partial charge on any atom is 0.338 e. The molecular formula is C9H9N3O3. The summed E-state index contributed by atoms with van der Waals surface area (Å²) in [5, 5.41) is 22.2. The number of aromatic carboxylic acids is 1. The lowest BCUT2D eigenvalue weighted by Crippen LogP contribution is -2.04. The van der Waals surface area contributed by atoms with E-state index in [4.69, 9.17) is 10.2 Å². The third-order valence-electron chi connectivity index (χ3n) is 2.11. The molecule has 0 unspecified atom stereocenters. The highest BCUT2D eigenvalue weighted by atomic mass is 16.4. The summed E-state index contributed by atoms with van der Waals surface area (Å²) >= 11 is 0. The normalized spacial score (nSPS) is 10.7. The van der Waals surface area contributed by atoms with E-state index in [1.807, 2.05) is 0 Å². The number of carboxylic acids is 1. The Balaban J connectivity index is 2.63. The van der Waals surface area contributed by atoms with Gasteiger partial charge in [-0.15, -0.1) is 0 Å². The van der Waals surface area contributed by atoms with E-state index in [1.54, 1.807) is 0 Å². The number of hydrogen-bond donors (Lipinski definition) is 2. The number of carbonyl (C=O) groups is 1. The summed E-state index contributed by atoms with van der Waals surface area (Å²) in [6.45, 7) is 0.280. The van der Waals surface area contributed by atoms with Gasteiger partial charge in [-0.3, -0.25) is 9.67 Å². The minimum absolute atomic E-state index is 0.0475. The summed E-state index contributed by atoms with van der Waals surface area (Å²) in [5.74, 6) is -1.03. The van der Waals surface area contributed by atoms with Gasteiger partial charge >= 0.3 is 5.97 Å². The molecule has 0 aliphatic heterocycles. The van der Waals surface area contributed by atoms with E-state index in [2.05, 4.69) is 10.1 Å². The average Bonchev–Trinajstić information content (AvgIpc) is 2.62. The van der Waals surface area contributed by atoms with E-state index in [9.17, 15) is 4.79 Å². The fourth-order valence-electron chi connectivity index (χ4n) is 1.43. The fourth-order valence-corrected chi connectivity index (χ4v) is 1.43. The summed E-state index contributed by atoms with van der Waals surface area (Å²) < 4.78 is 1.52. The maximum atomic E-state index is 10.9. The molecule has 2 aromatic heterocycles. The summed E-state index contributed by atoms with van der Waals surface area (Å²) in [7, 11) is 0. The Morgan fingerprint density at radius 1 is 1.40 bits per heavy atom. The topological polar surface area (TPSA) is 88.2 Å². The van der Waals surface area contributed by atoms with Crippen LogP contribution in [0.2, 0.25) is 0 Å². The first-order chi connectivity index (χ1) is 7.24. The van der Waals surface area contributed by atoms with Crippen molar-refractivity contribution in [1.82, 2.24) is 14.8 Å². The summed E-state index contributed by atoms with van der Waals surface area (Å²) in [6, 6.07) is 0. The van der Waals surface area contributed by atoms with Crippen molar-refractivity contribution in [2.75, 3.05) is 6.61 Å². The molecule has 2 N–H and O–H groups in total. The second kappa shape index (κ2) is 3.66. The predicted molar refractivity (Wildman–Crippen MR) is 51.6 cm³/mol. The van der Waals surface area contributed by atoms with E-state index < -0.39 is 5.97 Å². The molecule has 2 heterocycles. The Morgan fingerprint density at radius 2 is 2.20 bits per heavy atom. The molecule has 2 rings (SSSR count). The number of aromatic nitrogens is 3. The smallest absolute Gasteiger partial charge is 0.338 e. The van der Waals surface area contributed by atoms with Gasteiger partial charge in [0.1, 0.15) is 0 Å². The zero-order valence-electron chi connectivity index (χ0n) is 7.79. The number of aliphatic hydroxyl groups is 1. The molecule has 15 heavy (non-hydrogen) atoms. The molecule has 6 nitrogen and oxygen atoms in total. The minimum atomic E-state index is -1.03. The van der Waals surface area contributed by atoms with Gasteiger partial charge in [0.05, 0.1) is 36.6 Å². The van der Waals surface area contributed by atoms with E-state index >= 15 is 0 Å². The number of aliphatic hydroxyl groups excluding tert-OH is 1. The second-order valence-electron chi connectivity index (χ2n) is 3.02. The first-order valence-corrected chi connectivity index (χ1v) is 4.37. The van der Waals surface area contributed by atoms with Crippen molar-refractivity contribution in [3.8, 4) is 0 Å². The third kappa shape index (κ3) is 1.55. The SMILES string of the molecule is O=C(O)c1cncc2c1cnn2CCO. The summed E-state index contributed by atoms with van der Waals surface area (Å²) in [4.78, 5) is 14.7. The zero-order valence-corrected chi connectivity index (χ0v) is 7.79. The first-order valence-electron chi connectivity index (χ1n) is 4.37.